The van der Waals surface area contributed by atoms with Gasteiger partial charge in [0.05, 0.1) is 27.6 Å². The molecule has 1 aromatic heterocycles. The molecule has 4 saturated carbocycles. The zero-order chi connectivity index (χ0) is 25.1. The second kappa shape index (κ2) is 8.45. The number of anilines is 1. The Kier molecular flexibility index (Phi) is 5.46. The van der Waals surface area contributed by atoms with Crippen LogP contribution in [0.15, 0.2) is 48.8 Å². The van der Waals surface area contributed by atoms with E-state index in [1.807, 2.05) is 4.68 Å². The quantitative estimate of drug-likeness (QED) is 0.300. The van der Waals surface area contributed by atoms with Crippen LogP contribution in [0.2, 0.25) is 10.3 Å². The van der Waals surface area contributed by atoms with Crippen LogP contribution < -0.4 is 10.1 Å². The Morgan fingerprint density at radius 2 is 1.81 bits per heavy atom. The summed E-state index contributed by atoms with van der Waals surface area (Å²) in [5.41, 5.74) is -0.708. The van der Waals surface area contributed by atoms with E-state index in [1.54, 1.807) is 36.7 Å². The highest BCUT2D eigenvalue weighted by Gasteiger charge is 2.61. The number of ether oxygens (including phenoxy) is 1. The first-order valence-corrected chi connectivity index (χ1v) is 12.6. The number of rotatable bonds is 6. The van der Waals surface area contributed by atoms with Gasteiger partial charge >= 0.3 is 0 Å². The molecule has 11 heteroatoms. The molecule has 0 radical (unpaired) electrons. The van der Waals surface area contributed by atoms with Gasteiger partial charge in [-0.25, -0.2) is 9.67 Å². The lowest BCUT2D eigenvalue weighted by Gasteiger charge is -2.60. The van der Waals surface area contributed by atoms with Crippen molar-refractivity contribution in [3.05, 3.63) is 69.2 Å². The second-order valence-corrected chi connectivity index (χ2v) is 11.2. The Morgan fingerprint density at radius 3 is 2.44 bits per heavy atom. The Morgan fingerprint density at radius 1 is 1.08 bits per heavy atom. The van der Waals surface area contributed by atoms with Gasteiger partial charge in [0.2, 0.25) is 11.2 Å². The zero-order valence-corrected chi connectivity index (χ0v) is 20.7. The summed E-state index contributed by atoms with van der Waals surface area (Å²) < 4.78 is 7.69. The van der Waals surface area contributed by atoms with Gasteiger partial charge < -0.3 is 10.1 Å². The molecule has 4 fully saturated rings. The van der Waals surface area contributed by atoms with Crippen molar-refractivity contribution in [2.24, 2.45) is 17.3 Å². The molecule has 7 rings (SSSR count). The number of carbonyl (C=O) groups excluding carboxylic acids is 1. The fourth-order valence-electron chi connectivity index (χ4n) is 6.94. The van der Waals surface area contributed by atoms with E-state index in [9.17, 15) is 14.9 Å². The average molecular weight is 528 g/mol. The van der Waals surface area contributed by atoms with Crippen molar-refractivity contribution in [3.8, 4) is 11.5 Å². The summed E-state index contributed by atoms with van der Waals surface area (Å²) in [6.45, 7) is 0. The lowest BCUT2D eigenvalue weighted by molar-refractivity contribution is -0.384. The predicted molar refractivity (Wildman–Crippen MR) is 133 cm³/mol. The third-order valence-corrected chi connectivity index (χ3v) is 8.30. The number of halogens is 2. The number of nitro benzene ring substituents is 1. The molecule has 9 nitrogen and oxygen atoms in total. The molecule has 186 valence electrons. The molecule has 3 aromatic rings. The van der Waals surface area contributed by atoms with Crippen molar-refractivity contribution in [1.82, 2.24) is 14.8 Å². The molecule has 4 bridgehead atoms. The second-order valence-electron chi connectivity index (χ2n) is 10.4. The first kappa shape index (κ1) is 23.2. The third-order valence-electron chi connectivity index (χ3n) is 7.87. The summed E-state index contributed by atoms with van der Waals surface area (Å²) in [4.78, 5) is 29.0. The largest absolute Gasteiger partial charge is 0.457 e. The number of carbonyl (C=O) groups is 1. The van der Waals surface area contributed by atoms with Gasteiger partial charge in [0.25, 0.3) is 5.69 Å². The molecule has 1 heterocycles. The molecular weight excluding hydrogens is 505 g/mol. The number of non-ortho nitro benzene ring substituents is 1. The zero-order valence-electron chi connectivity index (χ0n) is 19.2. The number of hydrogen-bond acceptors (Lipinski definition) is 6. The summed E-state index contributed by atoms with van der Waals surface area (Å²) in [6, 6.07) is 11.0. The summed E-state index contributed by atoms with van der Waals surface area (Å²) in [6.07, 6.45) is 6.91. The minimum Gasteiger partial charge on any atom is -0.457 e. The van der Waals surface area contributed by atoms with Gasteiger partial charge in [-0.1, -0.05) is 11.6 Å². The molecule has 2 unspecified atom stereocenters. The van der Waals surface area contributed by atoms with Crippen LogP contribution in [0.3, 0.4) is 0 Å². The molecule has 0 aliphatic heterocycles. The van der Waals surface area contributed by atoms with Gasteiger partial charge in [0.1, 0.15) is 17.8 Å². The number of nitrogens with one attached hydrogen (secondary N) is 1. The van der Waals surface area contributed by atoms with Crippen LogP contribution in [0.25, 0.3) is 0 Å². The van der Waals surface area contributed by atoms with Crippen molar-refractivity contribution < 1.29 is 14.5 Å². The van der Waals surface area contributed by atoms with Crippen molar-refractivity contribution >= 4 is 40.5 Å². The van der Waals surface area contributed by atoms with Gasteiger partial charge in [-0.15, -0.1) is 5.10 Å². The highest BCUT2D eigenvalue weighted by Crippen LogP contribution is 2.64. The molecule has 0 spiro atoms. The SMILES string of the molecule is O=C(Nc1cc(Oc2ccc(Cl)cc2)cc([N+](=O)[O-])c1)C12C[C@H]3C[C@@H](C1)CC(n1cnc(Cl)n1)(C3)C2. The van der Waals surface area contributed by atoms with E-state index in [-0.39, 0.29) is 28.2 Å². The van der Waals surface area contributed by atoms with Gasteiger partial charge in [-0.05, 0) is 86.2 Å². The normalized spacial score (nSPS) is 28.2. The Bertz CT molecular complexity index is 1340. The Hall–Kier alpha value is -3.17. The van der Waals surface area contributed by atoms with Crippen molar-refractivity contribution in [2.75, 3.05) is 5.32 Å². The summed E-state index contributed by atoms with van der Waals surface area (Å²) in [5.74, 6) is 1.43. The van der Waals surface area contributed by atoms with Crippen molar-refractivity contribution in [1.29, 1.82) is 0 Å². The maximum atomic E-state index is 13.8. The first-order chi connectivity index (χ1) is 17.2. The molecular formula is C25H23Cl2N5O4. The molecule has 4 atom stereocenters. The summed E-state index contributed by atoms with van der Waals surface area (Å²) in [5, 5.41) is 19.7. The van der Waals surface area contributed by atoms with Crippen molar-refractivity contribution in [2.45, 2.75) is 44.1 Å². The molecule has 1 N–H and O–H groups in total. The van der Waals surface area contributed by atoms with E-state index in [0.717, 1.165) is 32.1 Å². The minimum atomic E-state index is -0.579. The van der Waals surface area contributed by atoms with Crippen LogP contribution in [0, 0.1) is 27.4 Å². The molecule has 2 aromatic carbocycles. The summed E-state index contributed by atoms with van der Waals surface area (Å²) in [7, 11) is 0. The van der Waals surface area contributed by atoms with Gasteiger partial charge in [0, 0.05) is 17.2 Å². The molecule has 4 aliphatic carbocycles. The lowest BCUT2D eigenvalue weighted by atomic mass is 9.46. The van der Waals surface area contributed by atoms with Gasteiger partial charge in [-0.3, -0.25) is 14.9 Å². The van der Waals surface area contributed by atoms with Crippen molar-refractivity contribution in [3.63, 3.8) is 0 Å². The molecule has 36 heavy (non-hydrogen) atoms. The van der Waals surface area contributed by atoms with Crippen LogP contribution in [0.4, 0.5) is 11.4 Å². The van der Waals surface area contributed by atoms with E-state index in [2.05, 4.69) is 15.4 Å². The molecule has 1 amide bonds. The number of benzene rings is 2. The van der Waals surface area contributed by atoms with Gasteiger partial charge in [-0.2, -0.15) is 0 Å². The lowest BCUT2D eigenvalue weighted by Crippen LogP contribution is -2.60. The third kappa shape index (κ3) is 4.10. The highest BCUT2D eigenvalue weighted by molar-refractivity contribution is 6.30. The summed E-state index contributed by atoms with van der Waals surface area (Å²) >= 11 is 12.0. The number of aromatic nitrogens is 3. The van der Waals surface area contributed by atoms with Crippen LogP contribution >= 0.6 is 23.2 Å². The first-order valence-electron chi connectivity index (χ1n) is 11.8. The van der Waals surface area contributed by atoms with Crippen LogP contribution in [-0.4, -0.2) is 25.6 Å². The van der Waals surface area contributed by atoms with Crippen LogP contribution in [0.5, 0.6) is 11.5 Å². The minimum absolute atomic E-state index is 0.120. The standard InChI is InChI=1S/C25H23Cl2N5O4/c26-17-1-3-20(4-2-17)36-21-7-18(6-19(8-21)32(34)35)29-22(33)24-9-15-5-16(10-24)12-25(11-15,13-24)31-14-28-23(27)30-31/h1-4,6-8,14-16H,5,9-13H2,(H,29,33)/t15-,16+,24?,25?. The topological polar surface area (TPSA) is 112 Å². The smallest absolute Gasteiger partial charge is 0.275 e. The van der Waals surface area contributed by atoms with E-state index in [0.29, 0.717) is 34.7 Å². The van der Waals surface area contributed by atoms with Crippen LogP contribution in [0.1, 0.15) is 38.5 Å². The fraction of sp³-hybridized carbons (Fsp3) is 0.400. The molecule has 4 aliphatic rings. The predicted octanol–water partition coefficient (Wildman–Crippen LogP) is 6.22. The number of hydrogen-bond donors (Lipinski definition) is 1. The Labute approximate surface area is 216 Å². The fourth-order valence-corrected chi connectivity index (χ4v) is 7.19. The Balaban J connectivity index is 1.29. The van der Waals surface area contributed by atoms with E-state index in [4.69, 9.17) is 27.9 Å². The highest BCUT2D eigenvalue weighted by atomic mass is 35.5. The number of amides is 1. The monoisotopic (exact) mass is 527 g/mol. The van der Waals surface area contributed by atoms with Crippen LogP contribution in [-0.2, 0) is 10.3 Å². The van der Waals surface area contributed by atoms with E-state index >= 15 is 0 Å². The number of nitro groups is 1. The van der Waals surface area contributed by atoms with E-state index < -0.39 is 10.3 Å². The maximum Gasteiger partial charge on any atom is 0.275 e. The number of nitrogens with zero attached hydrogens (tertiary/aromatic N) is 4. The van der Waals surface area contributed by atoms with E-state index in [1.165, 1.54) is 12.1 Å². The molecule has 0 saturated heterocycles. The average Bonchev–Trinajstić information content (AvgIpc) is 3.27. The maximum absolute atomic E-state index is 13.8. The van der Waals surface area contributed by atoms with Gasteiger partial charge in [0.15, 0.2) is 0 Å².